The normalized spacial score (nSPS) is 11.3. The number of rotatable bonds is 7. The van der Waals surface area contributed by atoms with Gasteiger partial charge < -0.3 is 5.11 Å². The van der Waals surface area contributed by atoms with Gasteiger partial charge in [0.1, 0.15) is 0 Å². The van der Waals surface area contributed by atoms with Gasteiger partial charge in [0.25, 0.3) is 0 Å². The van der Waals surface area contributed by atoms with Gasteiger partial charge in [0.05, 0.1) is 0 Å². The fraction of sp³-hybridized carbons (Fsp3) is 0.312. The first-order valence-corrected chi connectivity index (χ1v) is 6.30. The third-order valence-electron chi connectivity index (χ3n) is 2.84. The van der Waals surface area contributed by atoms with E-state index in [1.807, 2.05) is 24.3 Å². The van der Waals surface area contributed by atoms with Crippen molar-refractivity contribution in [2.45, 2.75) is 32.6 Å². The lowest BCUT2D eigenvalue weighted by Gasteiger charge is -2.07. The molecule has 1 aromatic rings. The van der Waals surface area contributed by atoms with Crippen molar-refractivity contribution in [1.29, 1.82) is 0 Å². The predicted molar refractivity (Wildman–Crippen MR) is 75.3 cm³/mol. The molecule has 0 atom stereocenters. The average Bonchev–Trinajstić information content (AvgIpc) is 2.39. The molecule has 1 N–H and O–H groups in total. The summed E-state index contributed by atoms with van der Waals surface area (Å²) in [7, 11) is 0. The van der Waals surface area contributed by atoms with Gasteiger partial charge in [-0.3, -0.25) is 0 Å². The number of hydrogen-bond donors (Lipinski definition) is 1. The number of hydrogen-bond acceptors (Lipinski definition) is 1. The molecule has 0 spiro atoms. The van der Waals surface area contributed by atoms with E-state index in [-0.39, 0.29) is 5.57 Å². The topological polar surface area (TPSA) is 37.3 Å². The van der Waals surface area contributed by atoms with Crippen LogP contribution in [0.1, 0.15) is 38.2 Å². The van der Waals surface area contributed by atoms with Crippen LogP contribution >= 0.6 is 0 Å². The zero-order chi connectivity index (χ0) is 13.4. The smallest absolute Gasteiger partial charge is 0.331 e. The summed E-state index contributed by atoms with van der Waals surface area (Å²) < 4.78 is 0. The number of benzene rings is 1. The number of allylic oxidation sites excluding steroid dienone is 2. The Balaban J connectivity index is 2.81. The van der Waals surface area contributed by atoms with Crippen LogP contribution in [0, 0.1) is 0 Å². The molecule has 0 saturated carbocycles. The average molecular weight is 244 g/mol. The third kappa shape index (κ3) is 4.58. The first-order valence-electron chi connectivity index (χ1n) is 6.30. The van der Waals surface area contributed by atoms with Crippen LogP contribution in [0.2, 0.25) is 0 Å². The van der Waals surface area contributed by atoms with Gasteiger partial charge in [-0.2, -0.15) is 0 Å². The second kappa shape index (κ2) is 7.49. The van der Waals surface area contributed by atoms with E-state index in [9.17, 15) is 4.79 Å². The van der Waals surface area contributed by atoms with Crippen molar-refractivity contribution < 1.29 is 9.90 Å². The van der Waals surface area contributed by atoms with Crippen LogP contribution < -0.4 is 0 Å². The molecular formula is C16H20O2. The Morgan fingerprint density at radius 3 is 2.56 bits per heavy atom. The number of aliphatic carboxylic acids is 1. The summed E-state index contributed by atoms with van der Waals surface area (Å²) in [6.45, 7) is 5.71. The minimum Gasteiger partial charge on any atom is -0.478 e. The van der Waals surface area contributed by atoms with E-state index in [1.165, 1.54) is 11.1 Å². The summed E-state index contributed by atoms with van der Waals surface area (Å²) in [6.07, 6.45) is 5.61. The van der Waals surface area contributed by atoms with E-state index in [2.05, 4.69) is 25.6 Å². The van der Waals surface area contributed by atoms with Gasteiger partial charge in [-0.05, 0) is 30.4 Å². The summed E-state index contributed by atoms with van der Waals surface area (Å²) in [5.74, 6) is -0.922. The zero-order valence-corrected chi connectivity index (χ0v) is 10.9. The lowest BCUT2D eigenvalue weighted by Crippen LogP contribution is -1.97. The molecule has 0 heterocycles. The van der Waals surface area contributed by atoms with Gasteiger partial charge in [0.15, 0.2) is 0 Å². The molecule has 0 bridgehead atoms. The predicted octanol–water partition coefficient (Wildman–Crippen LogP) is 4.29. The summed E-state index contributed by atoms with van der Waals surface area (Å²) in [6, 6.07) is 10.1. The van der Waals surface area contributed by atoms with E-state index >= 15 is 0 Å². The van der Waals surface area contributed by atoms with E-state index in [4.69, 9.17) is 5.11 Å². The van der Waals surface area contributed by atoms with Gasteiger partial charge >= 0.3 is 5.97 Å². The molecule has 1 rings (SSSR count). The van der Waals surface area contributed by atoms with Crippen LogP contribution in [-0.4, -0.2) is 11.1 Å². The van der Waals surface area contributed by atoms with Gasteiger partial charge in [0.2, 0.25) is 0 Å². The molecule has 0 saturated heterocycles. The molecule has 0 aromatic heterocycles. The molecule has 96 valence electrons. The van der Waals surface area contributed by atoms with Crippen molar-refractivity contribution in [2.24, 2.45) is 0 Å². The second-order valence-electron chi connectivity index (χ2n) is 4.31. The Morgan fingerprint density at radius 1 is 1.33 bits per heavy atom. The maximum atomic E-state index is 10.7. The highest BCUT2D eigenvalue weighted by Crippen LogP contribution is 2.22. The number of carbonyl (C=O) groups is 1. The van der Waals surface area contributed by atoms with Gasteiger partial charge in [-0.25, -0.2) is 4.79 Å². The van der Waals surface area contributed by atoms with Crippen LogP contribution in [0.15, 0.2) is 48.6 Å². The molecule has 18 heavy (non-hydrogen) atoms. The van der Waals surface area contributed by atoms with E-state index in [0.717, 1.165) is 19.3 Å². The largest absolute Gasteiger partial charge is 0.478 e. The highest BCUT2D eigenvalue weighted by Gasteiger charge is 2.04. The van der Waals surface area contributed by atoms with E-state index < -0.39 is 5.97 Å². The molecule has 0 amide bonds. The highest BCUT2D eigenvalue weighted by molar-refractivity contribution is 5.86. The third-order valence-corrected chi connectivity index (χ3v) is 2.84. The Labute approximate surface area is 109 Å². The molecule has 0 aliphatic rings. The lowest BCUT2D eigenvalue weighted by atomic mass is 9.98. The molecule has 2 heteroatoms. The molecule has 0 radical (unpaired) electrons. The molecule has 2 nitrogen and oxygen atoms in total. The highest BCUT2D eigenvalue weighted by atomic mass is 16.4. The Hall–Kier alpha value is -1.83. The Bertz CT molecular complexity index is 430. The fourth-order valence-electron chi connectivity index (χ4n) is 1.72. The Kier molecular flexibility index (Phi) is 5.92. The summed E-state index contributed by atoms with van der Waals surface area (Å²) in [5.41, 5.74) is 2.61. The summed E-state index contributed by atoms with van der Waals surface area (Å²) >= 11 is 0. The zero-order valence-electron chi connectivity index (χ0n) is 10.9. The number of carboxylic acids is 1. The van der Waals surface area contributed by atoms with E-state index in [0.29, 0.717) is 6.42 Å². The molecule has 0 unspecified atom stereocenters. The van der Waals surface area contributed by atoms with Crippen LogP contribution in [0.3, 0.4) is 0 Å². The quantitative estimate of drug-likeness (QED) is 0.726. The van der Waals surface area contributed by atoms with Crippen molar-refractivity contribution >= 4 is 11.5 Å². The molecule has 0 fully saturated rings. The van der Waals surface area contributed by atoms with Crippen LogP contribution in [0.25, 0.3) is 5.57 Å². The molecule has 0 aliphatic carbocycles. The van der Waals surface area contributed by atoms with Crippen molar-refractivity contribution in [2.75, 3.05) is 0 Å². The molecular weight excluding hydrogens is 224 g/mol. The SMILES string of the molecule is C=C(CC=C(CCCC)c1ccccc1)C(=O)O. The molecule has 1 aromatic carbocycles. The standard InChI is InChI=1S/C16H20O2/c1-3-4-8-15(12-11-13(2)16(17)18)14-9-6-5-7-10-14/h5-7,9-10,12H,2-4,8,11H2,1H3,(H,17,18). The summed E-state index contributed by atoms with van der Waals surface area (Å²) in [5, 5.41) is 8.81. The first kappa shape index (κ1) is 14.2. The maximum Gasteiger partial charge on any atom is 0.331 e. The van der Waals surface area contributed by atoms with Crippen LogP contribution in [-0.2, 0) is 4.79 Å². The van der Waals surface area contributed by atoms with Gasteiger partial charge in [0, 0.05) is 5.57 Å². The van der Waals surface area contributed by atoms with Crippen LogP contribution in [0.5, 0.6) is 0 Å². The van der Waals surface area contributed by atoms with Gasteiger partial charge in [-0.15, -0.1) is 0 Å². The van der Waals surface area contributed by atoms with Crippen molar-refractivity contribution in [1.82, 2.24) is 0 Å². The monoisotopic (exact) mass is 244 g/mol. The second-order valence-corrected chi connectivity index (χ2v) is 4.31. The van der Waals surface area contributed by atoms with E-state index in [1.54, 1.807) is 0 Å². The minimum atomic E-state index is -0.922. The number of unbranched alkanes of at least 4 members (excludes halogenated alkanes) is 1. The Morgan fingerprint density at radius 2 is 2.00 bits per heavy atom. The summed E-state index contributed by atoms with van der Waals surface area (Å²) in [4.78, 5) is 10.7. The lowest BCUT2D eigenvalue weighted by molar-refractivity contribution is -0.132. The number of carboxylic acid groups (broad SMARTS) is 1. The minimum absolute atomic E-state index is 0.236. The van der Waals surface area contributed by atoms with Crippen molar-refractivity contribution in [3.8, 4) is 0 Å². The van der Waals surface area contributed by atoms with Crippen molar-refractivity contribution in [3.05, 3.63) is 54.1 Å². The van der Waals surface area contributed by atoms with Crippen LogP contribution in [0.4, 0.5) is 0 Å². The van der Waals surface area contributed by atoms with Gasteiger partial charge in [-0.1, -0.05) is 56.3 Å². The maximum absolute atomic E-state index is 10.7. The fourth-order valence-corrected chi connectivity index (χ4v) is 1.72. The van der Waals surface area contributed by atoms with Crippen molar-refractivity contribution in [3.63, 3.8) is 0 Å². The molecule has 0 aliphatic heterocycles. The first-order chi connectivity index (χ1) is 8.65.